The van der Waals surface area contributed by atoms with Crippen LogP contribution in [0.1, 0.15) is 13.8 Å². The van der Waals surface area contributed by atoms with Crippen LogP contribution in [-0.4, -0.2) is 20.4 Å². The fraction of sp³-hybridized carbons (Fsp3) is 0.176. The Labute approximate surface area is 137 Å². The molecule has 4 aromatic heterocycles. The van der Waals surface area contributed by atoms with Gasteiger partial charge in [0.15, 0.2) is 5.13 Å². The molecule has 0 aromatic carbocycles. The van der Waals surface area contributed by atoms with Crippen LogP contribution < -0.4 is 5.32 Å². The monoisotopic (exact) mass is 324 g/mol. The van der Waals surface area contributed by atoms with Crippen molar-refractivity contribution in [1.82, 2.24) is 14.4 Å². The molecule has 4 rings (SSSR count). The Morgan fingerprint density at radius 3 is 2.96 bits per heavy atom. The minimum atomic E-state index is 0.367. The van der Waals surface area contributed by atoms with Crippen molar-refractivity contribution in [2.45, 2.75) is 19.9 Å². The lowest BCUT2D eigenvalue weighted by atomic mass is 10.1. The third kappa shape index (κ3) is 2.61. The normalized spacial score (nSPS) is 11.4. The predicted octanol–water partition coefficient (Wildman–Crippen LogP) is 4.54. The SMILES string of the molecule is CC(C)Nc1ncc(-c2cc(-c3ccoc3)c3nccn3c2)s1. The van der Waals surface area contributed by atoms with Gasteiger partial charge in [0.25, 0.3) is 0 Å². The summed E-state index contributed by atoms with van der Waals surface area (Å²) < 4.78 is 7.27. The third-order valence-corrected chi connectivity index (χ3v) is 4.50. The van der Waals surface area contributed by atoms with E-state index in [-0.39, 0.29) is 0 Å². The van der Waals surface area contributed by atoms with E-state index in [1.165, 1.54) is 0 Å². The fourth-order valence-electron chi connectivity index (χ4n) is 2.52. The minimum Gasteiger partial charge on any atom is -0.472 e. The number of rotatable bonds is 4. The van der Waals surface area contributed by atoms with E-state index in [4.69, 9.17) is 4.42 Å². The summed E-state index contributed by atoms with van der Waals surface area (Å²) in [7, 11) is 0. The number of aromatic nitrogens is 3. The first kappa shape index (κ1) is 14.0. The molecule has 0 aliphatic carbocycles. The van der Waals surface area contributed by atoms with Gasteiger partial charge in [0.05, 0.1) is 17.4 Å². The van der Waals surface area contributed by atoms with Crippen LogP contribution in [0.3, 0.4) is 0 Å². The molecular formula is C17H16N4OS. The lowest BCUT2D eigenvalue weighted by Gasteiger charge is -2.06. The molecule has 0 radical (unpaired) electrons. The topological polar surface area (TPSA) is 55.4 Å². The molecule has 23 heavy (non-hydrogen) atoms. The van der Waals surface area contributed by atoms with Gasteiger partial charge in [-0.15, -0.1) is 0 Å². The van der Waals surface area contributed by atoms with Gasteiger partial charge in [-0.1, -0.05) is 11.3 Å². The highest BCUT2D eigenvalue weighted by Crippen LogP contribution is 2.34. The van der Waals surface area contributed by atoms with Gasteiger partial charge in [-0.3, -0.25) is 0 Å². The van der Waals surface area contributed by atoms with Crippen LogP contribution in [0.25, 0.3) is 27.2 Å². The molecular weight excluding hydrogens is 308 g/mol. The number of furan rings is 1. The first-order valence-electron chi connectivity index (χ1n) is 7.43. The highest BCUT2D eigenvalue weighted by Gasteiger charge is 2.12. The van der Waals surface area contributed by atoms with E-state index in [1.54, 1.807) is 30.1 Å². The second kappa shape index (κ2) is 5.55. The van der Waals surface area contributed by atoms with E-state index in [1.807, 2.05) is 22.9 Å². The van der Waals surface area contributed by atoms with Gasteiger partial charge >= 0.3 is 0 Å². The molecule has 4 aromatic rings. The average Bonchev–Trinajstić information content (AvgIpc) is 3.26. The van der Waals surface area contributed by atoms with Crippen LogP contribution in [0.5, 0.6) is 0 Å². The van der Waals surface area contributed by atoms with E-state index in [2.05, 4.69) is 41.4 Å². The van der Waals surface area contributed by atoms with Crippen LogP contribution in [0, 0.1) is 0 Å². The molecule has 0 atom stereocenters. The molecule has 6 heteroatoms. The fourth-order valence-corrected chi connectivity index (χ4v) is 3.46. The summed E-state index contributed by atoms with van der Waals surface area (Å²) >= 11 is 1.65. The number of thiazole rings is 1. The maximum absolute atomic E-state index is 5.23. The Morgan fingerprint density at radius 1 is 1.26 bits per heavy atom. The van der Waals surface area contributed by atoms with Crippen molar-refractivity contribution in [3.8, 4) is 21.6 Å². The van der Waals surface area contributed by atoms with Crippen molar-refractivity contribution < 1.29 is 4.42 Å². The summed E-state index contributed by atoms with van der Waals surface area (Å²) in [6.45, 7) is 4.21. The molecule has 116 valence electrons. The summed E-state index contributed by atoms with van der Waals surface area (Å²) in [4.78, 5) is 10.0. The van der Waals surface area contributed by atoms with Crippen molar-refractivity contribution in [2.75, 3.05) is 5.32 Å². The number of pyridine rings is 1. The molecule has 0 amide bonds. The Balaban J connectivity index is 1.83. The number of hydrogen-bond acceptors (Lipinski definition) is 5. The Bertz CT molecular complexity index is 937. The lowest BCUT2D eigenvalue weighted by Crippen LogP contribution is -2.08. The molecule has 0 unspecified atom stereocenters. The second-order valence-electron chi connectivity index (χ2n) is 5.64. The minimum absolute atomic E-state index is 0.367. The van der Waals surface area contributed by atoms with E-state index in [0.29, 0.717) is 6.04 Å². The van der Waals surface area contributed by atoms with E-state index < -0.39 is 0 Å². The molecule has 0 spiro atoms. The average molecular weight is 324 g/mol. The molecule has 1 N–H and O–H groups in total. The highest BCUT2D eigenvalue weighted by molar-refractivity contribution is 7.18. The van der Waals surface area contributed by atoms with Gasteiger partial charge < -0.3 is 14.1 Å². The van der Waals surface area contributed by atoms with Crippen molar-refractivity contribution in [1.29, 1.82) is 0 Å². The molecule has 0 aliphatic rings. The van der Waals surface area contributed by atoms with Crippen LogP contribution in [0.2, 0.25) is 0 Å². The summed E-state index contributed by atoms with van der Waals surface area (Å²) in [5, 5.41) is 4.28. The van der Waals surface area contributed by atoms with Crippen LogP contribution in [0.4, 0.5) is 5.13 Å². The summed E-state index contributed by atoms with van der Waals surface area (Å²) in [6, 6.07) is 4.46. The van der Waals surface area contributed by atoms with Crippen LogP contribution >= 0.6 is 11.3 Å². The lowest BCUT2D eigenvalue weighted by molar-refractivity contribution is 0.568. The number of nitrogens with zero attached hydrogens (tertiary/aromatic N) is 3. The van der Waals surface area contributed by atoms with Crippen LogP contribution in [-0.2, 0) is 0 Å². The third-order valence-electron chi connectivity index (χ3n) is 3.52. The van der Waals surface area contributed by atoms with Gasteiger partial charge in [0, 0.05) is 47.5 Å². The van der Waals surface area contributed by atoms with Crippen molar-refractivity contribution >= 4 is 22.1 Å². The molecule has 0 bridgehead atoms. The number of anilines is 1. The zero-order valence-corrected chi connectivity index (χ0v) is 13.7. The predicted molar refractivity (Wildman–Crippen MR) is 92.8 cm³/mol. The zero-order chi connectivity index (χ0) is 15.8. The van der Waals surface area contributed by atoms with Gasteiger partial charge in [0.2, 0.25) is 0 Å². The van der Waals surface area contributed by atoms with Crippen molar-refractivity contribution in [3.63, 3.8) is 0 Å². The number of imidazole rings is 1. The molecule has 0 saturated carbocycles. The molecule has 0 fully saturated rings. The first-order chi connectivity index (χ1) is 11.2. The van der Waals surface area contributed by atoms with Gasteiger partial charge in [0.1, 0.15) is 5.65 Å². The zero-order valence-electron chi connectivity index (χ0n) is 12.9. The quantitative estimate of drug-likeness (QED) is 0.599. The van der Waals surface area contributed by atoms with Crippen LogP contribution in [0.15, 0.2) is 53.9 Å². The summed E-state index contributed by atoms with van der Waals surface area (Å²) in [5.74, 6) is 0. The van der Waals surface area contributed by atoms with Crippen molar-refractivity contribution in [2.24, 2.45) is 0 Å². The number of hydrogen-bond donors (Lipinski definition) is 1. The first-order valence-corrected chi connectivity index (χ1v) is 8.24. The highest BCUT2D eigenvalue weighted by atomic mass is 32.1. The smallest absolute Gasteiger partial charge is 0.183 e. The Kier molecular flexibility index (Phi) is 3.38. The van der Waals surface area contributed by atoms with E-state index >= 15 is 0 Å². The summed E-state index contributed by atoms with van der Waals surface area (Å²) in [5.41, 5.74) is 4.10. The molecule has 5 nitrogen and oxygen atoms in total. The molecule has 0 saturated heterocycles. The Morgan fingerprint density at radius 2 is 2.17 bits per heavy atom. The van der Waals surface area contributed by atoms with Crippen molar-refractivity contribution in [3.05, 3.63) is 49.4 Å². The molecule has 0 aliphatic heterocycles. The number of fused-ring (bicyclic) bond motifs is 1. The largest absolute Gasteiger partial charge is 0.472 e. The molecule has 4 heterocycles. The summed E-state index contributed by atoms with van der Waals surface area (Å²) in [6.07, 6.45) is 11.2. The van der Waals surface area contributed by atoms with Gasteiger partial charge in [-0.05, 0) is 26.0 Å². The maximum Gasteiger partial charge on any atom is 0.183 e. The maximum atomic E-state index is 5.23. The van der Waals surface area contributed by atoms with E-state index in [9.17, 15) is 0 Å². The van der Waals surface area contributed by atoms with Gasteiger partial charge in [-0.2, -0.15) is 0 Å². The number of nitrogens with one attached hydrogen (secondary N) is 1. The Hall–Kier alpha value is -2.60. The van der Waals surface area contributed by atoms with E-state index in [0.717, 1.165) is 32.3 Å². The standard InChI is InChI=1S/C17H16N4OS/c1-11(2)20-17-19-8-15(23-17)13-7-14(12-3-6-22-10-12)16-18-4-5-21(16)9-13/h3-11H,1-2H3,(H,19,20). The van der Waals surface area contributed by atoms with Gasteiger partial charge in [-0.25, -0.2) is 9.97 Å². The second-order valence-corrected chi connectivity index (χ2v) is 6.67.